The molecule has 144 valence electrons. The average molecular weight is 389 g/mol. The number of nitrogens with one attached hydrogen (secondary N) is 2. The largest absolute Gasteiger partial charge is 0.478 e. The summed E-state index contributed by atoms with van der Waals surface area (Å²) < 4.78 is 5.90. The molecule has 2 N–H and O–H groups in total. The van der Waals surface area contributed by atoms with Crippen molar-refractivity contribution in [3.05, 3.63) is 53.6 Å². The number of piperazine rings is 1. The fourth-order valence-electron chi connectivity index (χ4n) is 3.10. The van der Waals surface area contributed by atoms with Gasteiger partial charge in [-0.1, -0.05) is 23.7 Å². The van der Waals surface area contributed by atoms with Crippen LogP contribution in [-0.4, -0.2) is 44.7 Å². The molecular weight excluding hydrogens is 362 g/mol. The van der Waals surface area contributed by atoms with Gasteiger partial charge in [0.25, 0.3) is 5.91 Å². The number of likely N-dealkylation sites (N-methyl/N-ethyl adjacent to an activating group) is 1. The maximum Gasteiger partial charge on any atom is 0.268 e. The maximum atomic E-state index is 12.9. The van der Waals surface area contributed by atoms with Crippen molar-refractivity contribution < 1.29 is 14.4 Å². The molecule has 0 aromatic heterocycles. The summed E-state index contributed by atoms with van der Waals surface area (Å²) in [5, 5.41) is 3.68. The van der Waals surface area contributed by atoms with E-state index in [4.69, 9.17) is 16.3 Å². The zero-order chi connectivity index (χ0) is 19.4. The third-order valence-electron chi connectivity index (χ3n) is 4.84. The van der Waals surface area contributed by atoms with Crippen LogP contribution in [0.3, 0.4) is 0 Å². The molecule has 0 saturated carbocycles. The molecule has 1 saturated heterocycles. The predicted molar refractivity (Wildman–Crippen MR) is 110 cm³/mol. The standard InChI is InChI=1S/C21H26ClN3O2/c1-21(2,27-17-10-8-16(22)9-11-17)20(26)23-18-6-4-5-7-19(18)25-14-12-24(3)13-15-25/h4-11H,12-15H2,1-3H3,(H,23,26)/p+1. The Morgan fingerprint density at radius 1 is 1.11 bits per heavy atom. The predicted octanol–water partition coefficient (Wildman–Crippen LogP) is 2.47. The highest BCUT2D eigenvalue weighted by Gasteiger charge is 2.31. The fourth-order valence-corrected chi connectivity index (χ4v) is 3.23. The molecule has 27 heavy (non-hydrogen) atoms. The first-order valence-corrected chi connectivity index (χ1v) is 9.64. The quantitative estimate of drug-likeness (QED) is 0.827. The minimum Gasteiger partial charge on any atom is -0.478 e. The molecule has 1 aliphatic rings. The van der Waals surface area contributed by atoms with Gasteiger partial charge in [-0.05, 0) is 50.2 Å². The van der Waals surface area contributed by atoms with Crippen molar-refractivity contribution in [1.82, 2.24) is 0 Å². The number of quaternary nitrogens is 1. The molecule has 0 unspecified atom stereocenters. The molecule has 0 atom stereocenters. The highest BCUT2D eigenvalue weighted by atomic mass is 35.5. The van der Waals surface area contributed by atoms with Crippen LogP contribution >= 0.6 is 11.6 Å². The average Bonchev–Trinajstić information content (AvgIpc) is 2.65. The van der Waals surface area contributed by atoms with Crippen LogP contribution in [0.15, 0.2) is 48.5 Å². The second-order valence-corrected chi connectivity index (χ2v) is 7.92. The van der Waals surface area contributed by atoms with Crippen LogP contribution in [-0.2, 0) is 4.79 Å². The van der Waals surface area contributed by atoms with Gasteiger partial charge >= 0.3 is 0 Å². The second-order valence-electron chi connectivity index (χ2n) is 7.48. The number of nitrogens with zero attached hydrogens (tertiary/aromatic N) is 1. The summed E-state index contributed by atoms with van der Waals surface area (Å²) in [6.07, 6.45) is 0. The molecule has 0 bridgehead atoms. The highest BCUT2D eigenvalue weighted by molar-refractivity contribution is 6.30. The number of hydrogen-bond donors (Lipinski definition) is 2. The summed E-state index contributed by atoms with van der Waals surface area (Å²) >= 11 is 5.91. The summed E-state index contributed by atoms with van der Waals surface area (Å²) in [4.78, 5) is 16.8. The first-order chi connectivity index (χ1) is 12.8. The summed E-state index contributed by atoms with van der Waals surface area (Å²) in [6.45, 7) is 7.66. The van der Waals surface area contributed by atoms with Crippen molar-refractivity contribution in [1.29, 1.82) is 0 Å². The Hall–Kier alpha value is -2.24. The topological polar surface area (TPSA) is 46.0 Å². The fraction of sp³-hybridized carbons (Fsp3) is 0.381. The van der Waals surface area contributed by atoms with E-state index in [0.29, 0.717) is 10.8 Å². The smallest absolute Gasteiger partial charge is 0.268 e. The first kappa shape index (κ1) is 19.5. The minimum atomic E-state index is -1.02. The molecular formula is C21H27ClN3O2+. The van der Waals surface area contributed by atoms with Gasteiger partial charge in [-0.15, -0.1) is 0 Å². The summed E-state index contributed by atoms with van der Waals surface area (Å²) in [5.74, 6) is 0.416. The van der Waals surface area contributed by atoms with Crippen LogP contribution in [0.2, 0.25) is 5.02 Å². The van der Waals surface area contributed by atoms with Gasteiger partial charge in [-0.3, -0.25) is 4.79 Å². The Balaban J connectivity index is 1.72. The van der Waals surface area contributed by atoms with E-state index in [2.05, 4.69) is 23.3 Å². The number of carbonyl (C=O) groups excluding carboxylic acids is 1. The number of para-hydroxylation sites is 2. The molecule has 6 heteroatoms. The summed E-state index contributed by atoms with van der Waals surface area (Å²) in [5.41, 5.74) is 0.850. The van der Waals surface area contributed by atoms with Crippen molar-refractivity contribution in [2.75, 3.05) is 43.4 Å². The Labute approximate surface area is 165 Å². The first-order valence-electron chi connectivity index (χ1n) is 9.26. The summed E-state index contributed by atoms with van der Waals surface area (Å²) in [6, 6.07) is 15.0. The Bertz CT molecular complexity index is 784. The molecule has 0 radical (unpaired) electrons. The number of benzene rings is 2. The molecule has 0 aliphatic carbocycles. The van der Waals surface area contributed by atoms with E-state index >= 15 is 0 Å². The Kier molecular flexibility index (Phi) is 5.92. The molecule has 0 spiro atoms. The zero-order valence-corrected chi connectivity index (χ0v) is 16.8. The molecule has 2 aromatic carbocycles. The van der Waals surface area contributed by atoms with E-state index in [1.54, 1.807) is 38.1 Å². The van der Waals surface area contributed by atoms with E-state index in [1.807, 2.05) is 18.2 Å². The zero-order valence-electron chi connectivity index (χ0n) is 16.1. The third-order valence-corrected chi connectivity index (χ3v) is 5.10. The van der Waals surface area contributed by atoms with Gasteiger partial charge in [-0.25, -0.2) is 0 Å². The molecule has 5 nitrogen and oxygen atoms in total. The number of amides is 1. The molecule has 1 heterocycles. The van der Waals surface area contributed by atoms with Crippen LogP contribution < -0.4 is 19.9 Å². The molecule has 1 amide bonds. The normalized spacial score (nSPS) is 15.5. The van der Waals surface area contributed by atoms with Crippen LogP contribution in [0.5, 0.6) is 5.75 Å². The number of anilines is 2. The van der Waals surface area contributed by atoms with Crippen LogP contribution in [0.25, 0.3) is 0 Å². The van der Waals surface area contributed by atoms with Gasteiger partial charge in [0.2, 0.25) is 0 Å². The molecule has 2 aromatic rings. The van der Waals surface area contributed by atoms with Crippen molar-refractivity contribution >= 4 is 28.9 Å². The molecule has 1 fully saturated rings. The second kappa shape index (κ2) is 8.19. The van der Waals surface area contributed by atoms with E-state index in [1.165, 1.54) is 4.90 Å². The number of carbonyl (C=O) groups is 1. The SMILES string of the molecule is C[NH+]1CCN(c2ccccc2NC(=O)C(C)(C)Oc2ccc(Cl)cc2)CC1. The number of ether oxygens (including phenoxy) is 1. The van der Waals surface area contributed by atoms with Gasteiger partial charge in [0.15, 0.2) is 5.60 Å². The number of rotatable bonds is 5. The van der Waals surface area contributed by atoms with Crippen molar-refractivity contribution in [3.8, 4) is 5.75 Å². The highest BCUT2D eigenvalue weighted by Crippen LogP contribution is 2.28. The maximum absolute atomic E-state index is 12.9. The molecule has 1 aliphatic heterocycles. The van der Waals surface area contributed by atoms with Crippen LogP contribution in [0.4, 0.5) is 11.4 Å². The lowest BCUT2D eigenvalue weighted by atomic mass is 10.1. The lowest BCUT2D eigenvalue weighted by Crippen LogP contribution is -3.12. The van der Waals surface area contributed by atoms with E-state index in [9.17, 15) is 4.79 Å². The molecule has 3 rings (SSSR count). The van der Waals surface area contributed by atoms with Gasteiger partial charge in [0.1, 0.15) is 5.75 Å². The van der Waals surface area contributed by atoms with Gasteiger partial charge in [0, 0.05) is 5.02 Å². The van der Waals surface area contributed by atoms with E-state index in [0.717, 1.165) is 37.6 Å². The van der Waals surface area contributed by atoms with Gasteiger partial charge in [-0.2, -0.15) is 0 Å². The summed E-state index contributed by atoms with van der Waals surface area (Å²) in [7, 11) is 2.21. The van der Waals surface area contributed by atoms with Crippen molar-refractivity contribution in [2.45, 2.75) is 19.4 Å². The lowest BCUT2D eigenvalue weighted by Gasteiger charge is -2.33. The van der Waals surface area contributed by atoms with Crippen LogP contribution in [0, 0.1) is 0 Å². The van der Waals surface area contributed by atoms with E-state index < -0.39 is 5.60 Å². The minimum absolute atomic E-state index is 0.190. The monoisotopic (exact) mass is 388 g/mol. The Morgan fingerprint density at radius 2 is 1.74 bits per heavy atom. The van der Waals surface area contributed by atoms with Crippen LogP contribution in [0.1, 0.15) is 13.8 Å². The van der Waals surface area contributed by atoms with Gasteiger partial charge < -0.3 is 19.9 Å². The Morgan fingerprint density at radius 3 is 2.41 bits per heavy atom. The van der Waals surface area contributed by atoms with Gasteiger partial charge in [0.05, 0.1) is 44.6 Å². The third kappa shape index (κ3) is 4.93. The van der Waals surface area contributed by atoms with E-state index in [-0.39, 0.29) is 5.91 Å². The van der Waals surface area contributed by atoms with Crippen molar-refractivity contribution in [2.24, 2.45) is 0 Å². The lowest BCUT2D eigenvalue weighted by molar-refractivity contribution is -0.880. The number of halogens is 1. The van der Waals surface area contributed by atoms with Crippen molar-refractivity contribution in [3.63, 3.8) is 0 Å². The number of hydrogen-bond acceptors (Lipinski definition) is 3.